The Balaban J connectivity index is 1.52. The Morgan fingerprint density at radius 2 is 1.71 bits per heavy atom. The maximum atomic E-state index is 13.0. The predicted octanol–water partition coefficient (Wildman–Crippen LogP) is 3.87. The zero-order chi connectivity index (χ0) is 21.6. The Kier molecular flexibility index (Phi) is 6.70. The second-order valence-electron chi connectivity index (χ2n) is 7.83. The number of amides is 1. The highest BCUT2D eigenvalue weighted by atomic mass is 16.5. The number of hydrogen-bond acceptors (Lipinski definition) is 5. The summed E-state index contributed by atoms with van der Waals surface area (Å²) >= 11 is 0. The topological polar surface area (TPSA) is 54.0 Å². The summed E-state index contributed by atoms with van der Waals surface area (Å²) in [6.07, 6.45) is 0. The lowest BCUT2D eigenvalue weighted by molar-refractivity contribution is 0.0323. The van der Waals surface area contributed by atoms with Crippen molar-refractivity contribution >= 4 is 28.1 Å². The van der Waals surface area contributed by atoms with Crippen molar-refractivity contribution in [2.75, 3.05) is 63.8 Å². The monoisotopic (exact) mass is 419 g/mol. The third-order valence-electron chi connectivity index (χ3n) is 5.53. The lowest BCUT2D eigenvalue weighted by atomic mass is 10.1. The summed E-state index contributed by atoms with van der Waals surface area (Å²) in [7, 11) is 3.87. The smallest absolute Gasteiger partial charge is 0.257 e. The van der Waals surface area contributed by atoms with Gasteiger partial charge < -0.3 is 19.7 Å². The van der Waals surface area contributed by atoms with Gasteiger partial charge in [-0.2, -0.15) is 0 Å². The molecule has 1 amide bonds. The van der Waals surface area contributed by atoms with Crippen molar-refractivity contribution in [3.63, 3.8) is 0 Å². The molecule has 162 valence electrons. The van der Waals surface area contributed by atoms with Gasteiger partial charge in [-0.15, -0.1) is 0 Å². The Labute approximate surface area is 183 Å². The summed E-state index contributed by atoms with van der Waals surface area (Å²) in [4.78, 5) is 17.3. The second kappa shape index (κ2) is 9.81. The molecule has 1 fully saturated rings. The van der Waals surface area contributed by atoms with E-state index < -0.39 is 0 Å². The molecule has 0 bridgehead atoms. The van der Waals surface area contributed by atoms with Crippen molar-refractivity contribution in [3.05, 3.63) is 66.2 Å². The van der Waals surface area contributed by atoms with E-state index in [2.05, 4.69) is 10.2 Å². The van der Waals surface area contributed by atoms with E-state index in [1.165, 1.54) is 0 Å². The predicted molar refractivity (Wildman–Crippen MR) is 125 cm³/mol. The zero-order valence-corrected chi connectivity index (χ0v) is 18.1. The van der Waals surface area contributed by atoms with Crippen molar-refractivity contribution < 1.29 is 14.3 Å². The molecule has 31 heavy (non-hydrogen) atoms. The van der Waals surface area contributed by atoms with Crippen LogP contribution in [0.3, 0.4) is 0 Å². The van der Waals surface area contributed by atoms with E-state index in [4.69, 9.17) is 9.47 Å². The summed E-state index contributed by atoms with van der Waals surface area (Å²) in [5.74, 6) is 0.700. The van der Waals surface area contributed by atoms with Crippen LogP contribution in [0.5, 0.6) is 5.75 Å². The minimum Gasteiger partial charge on any atom is -0.492 e. The number of carbonyl (C=O) groups is 1. The highest BCUT2D eigenvalue weighted by Gasteiger charge is 2.15. The Bertz CT molecular complexity index is 1050. The van der Waals surface area contributed by atoms with Crippen LogP contribution in [-0.4, -0.2) is 64.4 Å². The first-order valence-corrected chi connectivity index (χ1v) is 10.7. The molecule has 0 saturated carbocycles. The quantitative estimate of drug-likeness (QED) is 0.630. The summed E-state index contributed by atoms with van der Waals surface area (Å²) in [6.45, 7) is 4.96. The van der Waals surface area contributed by atoms with Crippen LogP contribution in [-0.2, 0) is 4.74 Å². The lowest BCUT2D eigenvalue weighted by Gasteiger charge is -2.26. The Morgan fingerprint density at radius 3 is 2.48 bits per heavy atom. The first-order chi connectivity index (χ1) is 15.1. The first kappa shape index (κ1) is 21.2. The third-order valence-corrected chi connectivity index (χ3v) is 5.53. The highest BCUT2D eigenvalue weighted by molar-refractivity contribution is 6.12. The van der Waals surface area contributed by atoms with E-state index in [0.717, 1.165) is 60.7 Å². The van der Waals surface area contributed by atoms with Gasteiger partial charge in [-0.1, -0.05) is 36.4 Å². The summed E-state index contributed by atoms with van der Waals surface area (Å²) in [6, 6.07) is 19.5. The van der Waals surface area contributed by atoms with E-state index in [1.54, 1.807) is 0 Å². The SMILES string of the molecule is CN(C)c1ccccc1C(=O)Nc1ccc(OCCN2CCOCC2)c2ccccc12. The third kappa shape index (κ3) is 4.98. The standard InChI is InChI=1S/C25H29N3O3/c1-27(2)23-10-6-5-9-21(23)25(29)26-22-11-12-24(20-8-4-3-7-19(20)22)31-18-15-28-13-16-30-17-14-28/h3-12H,13-18H2,1-2H3,(H,26,29). The van der Waals surface area contributed by atoms with Crippen molar-refractivity contribution in [3.8, 4) is 5.75 Å². The molecular formula is C25H29N3O3. The van der Waals surface area contributed by atoms with Crippen molar-refractivity contribution in [2.24, 2.45) is 0 Å². The fourth-order valence-corrected chi connectivity index (χ4v) is 3.86. The molecule has 1 aliphatic rings. The van der Waals surface area contributed by atoms with Crippen LogP contribution in [0.15, 0.2) is 60.7 Å². The van der Waals surface area contributed by atoms with Gasteiger partial charge in [0.1, 0.15) is 12.4 Å². The molecule has 6 heteroatoms. The largest absolute Gasteiger partial charge is 0.492 e. The van der Waals surface area contributed by atoms with Gasteiger partial charge in [0.2, 0.25) is 0 Å². The number of rotatable bonds is 7. The minimum absolute atomic E-state index is 0.129. The van der Waals surface area contributed by atoms with Gasteiger partial charge in [-0.3, -0.25) is 9.69 Å². The molecule has 0 radical (unpaired) electrons. The molecular weight excluding hydrogens is 390 g/mol. The zero-order valence-electron chi connectivity index (χ0n) is 18.1. The number of hydrogen-bond donors (Lipinski definition) is 1. The van der Waals surface area contributed by atoms with E-state index in [0.29, 0.717) is 12.2 Å². The molecule has 1 heterocycles. The normalized spacial score (nSPS) is 14.4. The van der Waals surface area contributed by atoms with Gasteiger partial charge in [-0.25, -0.2) is 0 Å². The maximum absolute atomic E-state index is 13.0. The van der Waals surface area contributed by atoms with Gasteiger partial charge in [0.15, 0.2) is 0 Å². The van der Waals surface area contributed by atoms with Crippen LogP contribution in [0.4, 0.5) is 11.4 Å². The fraction of sp³-hybridized carbons (Fsp3) is 0.320. The van der Waals surface area contributed by atoms with E-state index >= 15 is 0 Å². The molecule has 3 aromatic carbocycles. The van der Waals surface area contributed by atoms with Crippen LogP contribution in [0.25, 0.3) is 10.8 Å². The first-order valence-electron chi connectivity index (χ1n) is 10.7. The number of benzene rings is 3. The highest BCUT2D eigenvalue weighted by Crippen LogP contribution is 2.32. The Hall–Kier alpha value is -3.09. The number of fused-ring (bicyclic) bond motifs is 1. The molecule has 0 unspecified atom stereocenters. The molecule has 0 atom stereocenters. The van der Waals surface area contributed by atoms with E-state index in [1.807, 2.05) is 79.7 Å². The number of nitrogens with one attached hydrogen (secondary N) is 1. The molecule has 1 N–H and O–H groups in total. The van der Waals surface area contributed by atoms with Gasteiger partial charge >= 0.3 is 0 Å². The van der Waals surface area contributed by atoms with Gasteiger partial charge in [0.25, 0.3) is 5.91 Å². The molecule has 6 nitrogen and oxygen atoms in total. The number of morpholine rings is 1. The van der Waals surface area contributed by atoms with Crippen molar-refractivity contribution in [1.29, 1.82) is 0 Å². The number of ether oxygens (including phenoxy) is 2. The van der Waals surface area contributed by atoms with Crippen molar-refractivity contribution in [2.45, 2.75) is 0 Å². The van der Waals surface area contributed by atoms with Crippen LogP contribution in [0.1, 0.15) is 10.4 Å². The Morgan fingerprint density at radius 1 is 1.00 bits per heavy atom. The van der Waals surface area contributed by atoms with E-state index in [9.17, 15) is 4.79 Å². The molecule has 1 aliphatic heterocycles. The molecule has 1 saturated heterocycles. The minimum atomic E-state index is -0.129. The number of carbonyl (C=O) groups excluding carboxylic acids is 1. The molecule has 4 rings (SSSR count). The summed E-state index contributed by atoms with van der Waals surface area (Å²) < 4.78 is 11.5. The molecule has 0 aromatic heterocycles. The summed E-state index contributed by atoms with van der Waals surface area (Å²) in [5.41, 5.74) is 2.30. The van der Waals surface area contributed by atoms with Crippen LogP contribution < -0.4 is 15.0 Å². The van der Waals surface area contributed by atoms with E-state index in [-0.39, 0.29) is 5.91 Å². The van der Waals surface area contributed by atoms with Crippen molar-refractivity contribution in [1.82, 2.24) is 4.90 Å². The average molecular weight is 420 g/mol. The molecule has 0 spiro atoms. The number of anilines is 2. The lowest BCUT2D eigenvalue weighted by Crippen LogP contribution is -2.38. The number of nitrogens with zero attached hydrogens (tertiary/aromatic N) is 2. The average Bonchev–Trinajstić information content (AvgIpc) is 2.81. The second-order valence-corrected chi connectivity index (χ2v) is 7.83. The number of para-hydroxylation sites is 1. The summed E-state index contributed by atoms with van der Waals surface area (Å²) in [5, 5.41) is 5.04. The van der Waals surface area contributed by atoms with Gasteiger partial charge in [0.05, 0.1) is 18.8 Å². The van der Waals surface area contributed by atoms with Crippen LogP contribution in [0, 0.1) is 0 Å². The maximum Gasteiger partial charge on any atom is 0.257 e. The van der Waals surface area contributed by atoms with Crippen LogP contribution >= 0.6 is 0 Å². The molecule has 3 aromatic rings. The van der Waals surface area contributed by atoms with Gasteiger partial charge in [-0.05, 0) is 24.3 Å². The van der Waals surface area contributed by atoms with Crippen LogP contribution in [0.2, 0.25) is 0 Å². The van der Waals surface area contributed by atoms with Gasteiger partial charge in [0, 0.05) is 55.9 Å². The molecule has 0 aliphatic carbocycles. The fourth-order valence-electron chi connectivity index (χ4n) is 3.86.